The second-order valence-corrected chi connectivity index (χ2v) is 5.15. The molecule has 2 heterocycles. The van der Waals surface area contributed by atoms with Crippen molar-refractivity contribution in [3.63, 3.8) is 0 Å². The summed E-state index contributed by atoms with van der Waals surface area (Å²) in [7, 11) is 0. The fraction of sp³-hybridized carbons (Fsp3) is 0.308. The average molecular weight is 246 g/mol. The third-order valence-corrected chi connectivity index (χ3v) is 3.83. The summed E-state index contributed by atoms with van der Waals surface area (Å²) >= 11 is 1.64. The highest BCUT2D eigenvalue weighted by Gasteiger charge is 2.14. The number of aromatic nitrogens is 1. The molecule has 17 heavy (non-hydrogen) atoms. The second kappa shape index (κ2) is 4.13. The van der Waals surface area contributed by atoms with Gasteiger partial charge in [-0.3, -0.25) is 0 Å². The number of hydrogen-bond donors (Lipinski definition) is 1. The lowest BCUT2D eigenvalue weighted by atomic mass is 10.1. The molecule has 1 aliphatic heterocycles. The number of nitrogens with zero attached hydrogens (tertiary/aromatic N) is 1. The fourth-order valence-electron chi connectivity index (χ4n) is 1.95. The Hall–Kier alpha value is -1.39. The van der Waals surface area contributed by atoms with Gasteiger partial charge in [-0.15, -0.1) is 11.3 Å². The summed E-state index contributed by atoms with van der Waals surface area (Å²) in [6.45, 7) is 2.75. The molecule has 0 bridgehead atoms. The summed E-state index contributed by atoms with van der Waals surface area (Å²) in [6.07, 6.45) is 0.995. The van der Waals surface area contributed by atoms with Gasteiger partial charge in [-0.25, -0.2) is 4.98 Å². The highest BCUT2D eigenvalue weighted by molar-refractivity contribution is 7.13. The summed E-state index contributed by atoms with van der Waals surface area (Å²) in [4.78, 5) is 4.56. The molecule has 1 atom stereocenters. The topological polar surface area (TPSA) is 48.1 Å². The van der Waals surface area contributed by atoms with E-state index in [0.29, 0.717) is 0 Å². The number of benzene rings is 1. The van der Waals surface area contributed by atoms with Crippen molar-refractivity contribution in [2.75, 3.05) is 6.61 Å². The summed E-state index contributed by atoms with van der Waals surface area (Å²) in [5.74, 6) is 1.01. The number of thiazole rings is 1. The van der Waals surface area contributed by atoms with Crippen molar-refractivity contribution in [2.45, 2.75) is 19.4 Å². The summed E-state index contributed by atoms with van der Waals surface area (Å²) in [5.41, 5.74) is 9.22. The zero-order valence-electron chi connectivity index (χ0n) is 9.64. The minimum absolute atomic E-state index is 0.00207. The lowest BCUT2D eigenvalue weighted by Gasteiger charge is -2.01. The van der Waals surface area contributed by atoms with E-state index in [1.54, 1.807) is 11.3 Å². The first kappa shape index (κ1) is 10.7. The van der Waals surface area contributed by atoms with Gasteiger partial charge in [0.1, 0.15) is 10.8 Å². The molecule has 1 aromatic heterocycles. The van der Waals surface area contributed by atoms with Gasteiger partial charge < -0.3 is 10.5 Å². The smallest absolute Gasteiger partial charge is 0.123 e. The summed E-state index contributed by atoms with van der Waals surface area (Å²) < 4.78 is 5.50. The van der Waals surface area contributed by atoms with Crippen LogP contribution in [-0.4, -0.2) is 11.6 Å². The van der Waals surface area contributed by atoms with Crippen LogP contribution >= 0.6 is 11.3 Å². The molecule has 88 valence electrons. The SMILES string of the molecule is CC(N)c1csc(-c2ccc3c(c2)CCO3)n1. The van der Waals surface area contributed by atoms with Gasteiger partial charge in [0, 0.05) is 23.4 Å². The van der Waals surface area contributed by atoms with Gasteiger partial charge in [0.05, 0.1) is 12.3 Å². The van der Waals surface area contributed by atoms with Crippen LogP contribution in [0.5, 0.6) is 5.75 Å². The maximum Gasteiger partial charge on any atom is 0.123 e. The van der Waals surface area contributed by atoms with Crippen molar-refractivity contribution in [1.29, 1.82) is 0 Å². The largest absolute Gasteiger partial charge is 0.493 e. The minimum atomic E-state index is -0.00207. The van der Waals surface area contributed by atoms with Gasteiger partial charge in [-0.1, -0.05) is 0 Å². The number of fused-ring (bicyclic) bond motifs is 1. The van der Waals surface area contributed by atoms with Crippen molar-refractivity contribution in [2.24, 2.45) is 5.73 Å². The van der Waals surface area contributed by atoms with Crippen LogP contribution in [0.15, 0.2) is 23.6 Å². The van der Waals surface area contributed by atoms with Crippen molar-refractivity contribution < 1.29 is 4.74 Å². The van der Waals surface area contributed by atoms with E-state index in [4.69, 9.17) is 10.5 Å². The summed E-state index contributed by atoms with van der Waals surface area (Å²) in [5, 5.41) is 3.07. The van der Waals surface area contributed by atoms with E-state index in [0.717, 1.165) is 35.0 Å². The van der Waals surface area contributed by atoms with E-state index in [1.807, 2.05) is 18.4 Å². The van der Waals surface area contributed by atoms with E-state index in [9.17, 15) is 0 Å². The van der Waals surface area contributed by atoms with E-state index < -0.39 is 0 Å². The Morgan fingerprint density at radius 3 is 3.12 bits per heavy atom. The zero-order valence-corrected chi connectivity index (χ0v) is 10.5. The highest BCUT2D eigenvalue weighted by atomic mass is 32.1. The number of rotatable bonds is 2. The number of ether oxygens (including phenoxy) is 1. The van der Waals surface area contributed by atoms with Crippen molar-refractivity contribution in [3.8, 4) is 16.3 Å². The van der Waals surface area contributed by atoms with E-state index in [1.165, 1.54) is 5.56 Å². The van der Waals surface area contributed by atoms with Crippen molar-refractivity contribution in [1.82, 2.24) is 4.98 Å². The van der Waals surface area contributed by atoms with Gasteiger partial charge in [-0.05, 0) is 30.7 Å². The molecule has 0 saturated heterocycles. The Balaban J connectivity index is 1.97. The maximum atomic E-state index is 5.82. The van der Waals surface area contributed by atoms with Gasteiger partial charge >= 0.3 is 0 Å². The molecule has 3 nitrogen and oxygen atoms in total. The first-order chi connectivity index (χ1) is 8.24. The predicted molar refractivity (Wildman–Crippen MR) is 69.4 cm³/mol. The Morgan fingerprint density at radius 1 is 1.47 bits per heavy atom. The van der Waals surface area contributed by atoms with Gasteiger partial charge in [-0.2, -0.15) is 0 Å². The molecular weight excluding hydrogens is 232 g/mol. The normalized spacial score (nSPS) is 15.4. The first-order valence-corrected chi connectivity index (χ1v) is 6.59. The number of nitrogens with two attached hydrogens (primary N) is 1. The van der Waals surface area contributed by atoms with E-state index >= 15 is 0 Å². The van der Waals surface area contributed by atoms with Crippen LogP contribution in [0.1, 0.15) is 24.2 Å². The predicted octanol–water partition coefficient (Wildman–Crippen LogP) is 2.76. The molecule has 2 N–H and O–H groups in total. The molecule has 1 unspecified atom stereocenters. The molecule has 0 fully saturated rings. The monoisotopic (exact) mass is 246 g/mol. The fourth-order valence-corrected chi connectivity index (χ4v) is 2.87. The van der Waals surface area contributed by atoms with Crippen LogP contribution in [0, 0.1) is 0 Å². The standard InChI is InChI=1S/C13H14N2OS/c1-8(14)11-7-17-13(15-11)10-2-3-12-9(6-10)4-5-16-12/h2-3,6-8H,4-5,14H2,1H3. The Labute approximate surface area is 104 Å². The Morgan fingerprint density at radius 2 is 2.35 bits per heavy atom. The van der Waals surface area contributed by atoms with Gasteiger partial charge in [0.25, 0.3) is 0 Å². The summed E-state index contributed by atoms with van der Waals surface area (Å²) in [6, 6.07) is 6.27. The average Bonchev–Trinajstić information content (AvgIpc) is 2.97. The molecule has 1 aromatic carbocycles. The van der Waals surface area contributed by atoms with Gasteiger partial charge in [0.2, 0.25) is 0 Å². The Bertz CT molecular complexity index is 548. The molecule has 0 radical (unpaired) electrons. The lowest BCUT2D eigenvalue weighted by molar-refractivity contribution is 0.357. The van der Waals surface area contributed by atoms with Crippen LogP contribution in [0.2, 0.25) is 0 Å². The molecule has 4 heteroatoms. The van der Waals surface area contributed by atoms with Crippen LogP contribution in [0.4, 0.5) is 0 Å². The lowest BCUT2D eigenvalue weighted by Crippen LogP contribution is -2.04. The third-order valence-electron chi connectivity index (χ3n) is 2.92. The van der Waals surface area contributed by atoms with Crippen molar-refractivity contribution >= 4 is 11.3 Å². The minimum Gasteiger partial charge on any atom is -0.493 e. The van der Waals surface area contributed by atoms with E-state index in [2.05, 4.69) is 17.1 Å². The van der Waals surface area contributed by atoms with Gasteiger partial charge in [0.15, 0.2) is 0 Å². The van der Waals surface area contributed by atoms with Crippen LogP contribution in [0.25, 0.3) is 10.6 Å². The maximum absolute atomic E-state index is 5.82. The molecular formula is C13H14N2OS. The molecule has 1 aliphatic rings. The molecule has 0 amide bonds. The molecule has 2 aromatic rings. The Kier molecular flexibility index (Phi) is 2.61. The van der Waals surface area contributed by atoms with Crippen LogP contribution in [0.3, 0.4) is 0 Å². The third kappa shape index (κ3) is 1.94. The first-order valence-electron chi connectivity index (χ1n) is 5.71. The van der Waals surface area contributed by atoms with Crippen LogP contribution < -0.4 is 10.5 Å². The van der Waals surface area contributed by atoms with E-state index in [-0.39, 0.29) is 6.04 Å². The highest BCUT2D eigenvalue weighted by Crippen LogP contribution is 2.32. The molecule has 0 saturated carbocycles. The number of hydrogen-bond acceptors (Lipinski definition) is 4. The van der Waals surface area contributed by atoms with Crippen LogP contribution in [-0.2, 0) is 6.42 Å². The zero-order chi connectivity index (χ0) is 11.8. The quantitative estimate of drug-likeness (QED) is 0.886. The molecule has 0 spiro atoms. The second-order valence-electron chi connectivity index (χ2n) is 4.29. The molecule has 0 aliphatic carbocycles. The molecule has 3 rings (SSSR count). The van der Waals surface area contributed by atoms with Crippen molar-refractivity contribution in [3.05, 3.63) is 34.8 Å².